The monoisotopic (exact) mass is 374 g/mol. The molecule has 112 valence electrons. The number of thiophene rings is 1. The van der Waals surface area contributed by atoms with Crippen molar-refractivity contribution < 1.29 is 4.79 Å². The summed E-state index contributed by atoms with van der Waals surface area (Å²) in [5, 5.41) is 5.00. The van der Waals surface area contributed by atoms with E-state index < -0.39 is 0 Å². The van der Waals surface area contributed by atoms with E-state index in [9.17, 15) is 4.79 Å². The van der Waals surface area contributed by atoms with Crippen LogP contribution in [0, 0.1) is 0 Å². The van der Waals surface area contributed by atoms with Crippen LogP contribution in [0.2, 0.25) is 0 Å². The standard InChI is InChI=1S/C17H15BrN2OS/c1-2-3-9-20-14(10-15-16(20)13(18)11-22-15)17(21)19-12-7-5-4-6-8-12/h2-8,10-11H,9H2,1H3,(H,19,21). The number of carbonyl (C=O) groups is 1. The number of hydrogen-bond acceptors (Lipinski definition) is 2. The van der Waals surface area contributed by atoms with Crippen LogP contribution < -0.4 is 5.32 Å². The summed E-state index contributed by atoms with van der Waals surface area (Å²) >= 11 is 5.21. The minimum Gasteiger partial charge on any atom is -0.331 e. The Labute approximate surface area is 141 Å². The molecule has 3 nitrogen and oxygen atoms in total. The van der Waals surface area contributed by atoms with Gasteiger partial charge in [0.2, 0.25) is 0 Å². The molecular weight excluding hydrogens is 360 g/mol. The van der Waals surface area contributed by atoms with E-state index in [1.165, 1.54) is 0 Å². The number of nitrogens with zero attached hydrogens (tertiary/aromatic N) is 1. The number of allylic oxidation sites excluding steroid dienone is 2. The summed E-state index contributed by atoms with van der Waals surface area (Å²) in [5.74, 6) is -0.0917. The molecule has 0 aliphatic heterocycles. The smallest absolute Gasteiger partial charge is 0.272 e. The first-order valence-corrected chi connectivity index (χ1v) is 8.61. The Hall–Kier alpha value is -1.85. The van der Waals surface area contributed by atoms with Gasteiger partial charge in [-0.05, 0) is 41.1 Å². The summed E-state index contributed by atoms with van der Waals surface area (Å²) in [5.41, 5.74) is 2.54. The van der Waals surface area contributed by atoms with Crippen molar-refractivity contribution in [3.8, 4) is 0 Å². The number of nitrogens with one attached hydrogen (secondary N) is 1. The van der Waals surface area contributed by atoms with Crippen molar-refractivity contribution in [2.24, 2.45) is 0 Å². The fraction of sp³-hybridized carbons (Fsp3) is 0.118. The summed E-state index contributed by atoms with van der Waals surface area (Å²) in [6.45, 7) is 2.65. The van der Waals surface area contributed by atoms with E-state index in [4.69, 9.17) is 0 Å². The molecule has 0 saturated heterocycles. The van der Waals surface area contributed by atoms with Gasteiger partial charge in [-0.15, -0.1) is 11.3 Å². The Bertz CT molecular complexity index is 833. The maximum atomic E-state index is 12.6. The summed E-state index contributed by atoms with van der Waals surface area (Å²) in [4.78, 5) is 12.6. The Morgan fingerprint density at radius 3 is 2.86 bits per heavy atom. The Balaban J connectivity index is 2.00. The third-order valence-electron chi connectivity index (χ3n) is 3.37. The van der Waals surface area contributed by atoms with Crippen molar-refractivity contribution >= 4 is 49.1 Å². The predicted molar refractivity (Wildman–Crippen MR) is 96.7 cm³/mol. The zero-order valence-electron chi connectivity index (χ0n) is 12.0. The van der Waals surface area contributed by atoms with Gasteiger partial charge in [0.05, 0.1) is 14.7 Å². The molecule has 0 radical (unpaired) electrons. The molecule has 0 atom stereocenters. The molecule has 0 bridgehead atoms. The third kappa shape index (κ3) is 2.87. The van der Waals surface area contributed by atoms with Gasteiger partial charge in [0.25, 0.3) is 5.91 Å². The zero-order chi connectivity index (χ0) is 15.5. The quantitative estimate of drug-likeness (QED) is 0.618. The number of fused-ring (bicyclic) bond motifs is 1. The summed E-state index contributed by atoms with van der Waals surface area (Å²) in [6, 6.07) is 11.5. The number of hydrogen-bond donors (Lipinski definition) is 1. The number of para-hydroxylation sites is 1. The predicted octanol–water partition coefficient (Wildman–Crippen LogP) is 5.29. The molecule has 3 rings (SSSR count). The SMILES string of the molecule is CC=CCn1c(C(=O)Nc2ccccc2)cc2scc(Br)c21. The van der Waals surface area contributed by atoms with E-state index in [1.54, 1.807) is 11.3 Å². The second kappa shape index (κ2) is 6.50. The fourth-order valence-electron chi connectivity index (χ4n) is 2.34. The Morgan fingerprint density at radius 2 is 2.14 bits per heavy atom. The molecule has 2 heterocycles. The number of benzene rings is 1. The maximum Gasteiger partial charge on any atom is 0.272 e. The lowest BCUT2D eigenvalue weighted by Gasteiger charge is -2.09. The van der Waals surface area contributed by atoms with E-state index in [2.05, 4.69) is 26.6 Å². The van der Waals surface area contributed by atoms with Crippen LogP contribution in [0.1, 0.15) is 17.4 Å². The van der Waals surface area contributed by atoms with Crippen LogP contribution in [0.4, 0.5) is 5.69 Å². The van der Waals surface area contributed by atoms with Crippen molar-refractivity contribution in [1.82, 2.24) is 4.57 Å². The molecule has 0 saturated carbocycles. The van der Waals surface area contributed by atoms with Gasteiger partial charge in [-0.25, -0.2) is 0 Å². The first-order chi connectivity index (χ1) is 10.7. The molecule has 0 unspecified atom stereocenters. The first-order valence-electron chi connectivity index (χ1n) is 6.94. The normalized spacial score (nSPS) is 11.4. The lowest BCUT2D eigenvalue weighted by atomic mass is 10.3. The molecule has 1 N–H and O–H groups in total. The minimum absolute atomic E-state index is 0.0917. The number of halogens is 1. The molecule has 0 spiro atoms. The average Bonchev–Trinajstić information content (AvgIpc) is 3.06. The summed E-state index contributed by atoms with van der Waals surface area (Å²) in [6.07, 6.45) is 4.04. The van der Waals surface area contributed by atoms with Gasteiger partial charge >= 0.3 is 0 Å². The Morgan fingerprint density at radius 1 is 1.36 bits per heavy atom. The first kappa shape index (κ1) is 15.1. The van der Waals surface area contributed by atoms with Crippen molar-refractivity contribution in [1.29, 1.82) is 0 Å². The van der Waals surface area contributed by atoms with E-state index in [-0.39, 0.29) is 5.91 Å². The van der Waals surface area contributed by atoms with Crippen molar-refractivity contribution in [3.05, 3.63) is 64.1 Å². The summed E-state index contributed by atoms with van der Waals surface area (Å²) < 4.78 is 4.17. The second-order valence-corrected chi connectivity index (χ2v) is 6.59. The molecule has 0 aliphatic rings. The molecule has 5 heteroatoms. The van der Waals surface area contributed by atoms with Crippen molar-refractivity contribution in [3.63, 3.8) is 0 Å². The molecule has 1 amide bonds. The number of amides is 1. The second-order valence-electron chi connectivity index (χ2n) is 4.83. The largest absolute Gasteiger partial charge is 0.331 e. The molecule has 22 heavy (non-hydrogen) atoms. The van der Waals surface area contributed by atoms with Gasteiger partial charge < -0.3 is 9.88 Å². The van der Waals surface area contributed by atoms with E-state index >= 15 is 0 Å². The molecule has 1 aromatic carbocycles. The van der Waals surface area contributed by atoms with E-state index in [0.717, 1.165) is 20.4 Å². The highest BCUT2D eigenvalue weighted by Crippen LogP contribution is 2.33. The highest BCUT2D eigenvalue weighted by molar-refractivity contribution is 9.10. The van der Waals surface area contributed by atoms with Crippen LogP contribution in [0.15, 0.2) is 58.4 Å². The lowest BCUT2D eigenvalue weighted by molar-refractivity contribution is 0.101. The topological polar surface area (TPSA) is 34.0 Å². The van der Waals surface area contributed by atoms with Gasteiger partial charge in [0, 0.05) is 17.6 Å². The van der Waals surface area contributed by atoms with Crippen LogP contribution in [0.5, 0.6) is 0 Å². The molecule has 3 aromatic rings. The van der Waals surface area contributed by atoms with Crippen LogP contribution in [-0.2, 0) is 6.54 Å². The number of aromatic nitrogens is 1. The molecular formula is C17H15BrN2OS. The van der Waals surface area contributed by atoms with E-state index in [0.29, 0.717) is 12.2 Å². The van der Waals surface area contributed by atoms with Gasteiger partial charge in [-0.1, -0.05) is 30.4 Å². The van der Waals surface area contributed by atoms with E-state index in [1.807, 2.05) is 60.0 Å². The number of carbonyl (C=O) groups excluding carboxylic acids is 1. The van der Waals surface area contributed by atoms with Gasteiger partial charge in [0.1, 0.15) is 5.69 Å². The minimum atomic E-state index is -0.0917. The van der Waals surface area contributed by atoms with Gasteiger partial charge in [0.15, 0.2) is 0 Å². The van der Waals surface area contributed by atoms with Crippen LogP contribution in [0.25, 0.3) is 10.2 Å². The lowest BCUT2D eigenvalue weighted by Crippen LogP contribution is -2.16. The highest BCUT2D eigenvalue weighted by Gasteiger charge is 2.18. The van der Waals surface area contributed by atoms with Gasteiger partial charge in [-0.3, -0.25) is 4.79 Å². The van der Waals surface area contributed by atoms with Gasteiger partial charge in [-0.2, -0.15) is 0 Å². The highest BCUT2D eigenvalue weighted by atomic mass is 79.9. The van der Waals surface area contributed by atoms with Crippen molar-refractivity contribution in [2.75, 3.05) is 5.32 Å². The van der Waals surface area contributed by atoms with Crippen LogP contribution in [0.3, 0.4) is 0 Å². The maximum absolute atomic E-state index is 12.6. The fourth-order valence-corrected chi connectivity index (χ4v) is 4.03. The van der Waals surface area contributed by atoms with Crippen LogP contribution in [-0.4, -0.2) is 10.5 Å². The number of anilines is 1. The van der Waals surface area contributed by atoms with Crippen LogP contribution >= 0.6 is 27.3 Å². The molecule has 2 aromatic heterocycles. The molecule has 0 fully saturated rings. The number of rotatable bonds is 4. The summed E-state index contributed by atoms with van der Waals surface area (Å²) in [7, 11) is 0. The Kier molecular flexibility index (Phi) is 4.45. The third-order valence-corrected chi connectivity index (χ3v) is 5.19. The van der Waals surface area contributed by atoms with Crippen molar-refractivity contribution in [2.45, 2.75) is 13.5 Å². The zero-order valence-corrected chi connectivity index (χ0v) is 14.4. The molecule has 0 aliphatic carbocycles. The average molecular weight is 375 g/mol.